The lowest BCUT2D eigenvalue weighted by atomic mass is 9.99. The molecule has 0 bridgehead atoms. The molecule has 0 aliphatic heterocycles. The molecule has 0 aromatic heterocycles. The minimum Gasteiger partial charge on any atom is -0.479 e. The van der Waals surface area contributed by atoms with Gasteiger partial charge in [0.05, 0.1) is 0 Å². The number of amides is 1. The number of rotatable bonds is 4. The molecule has 2 N–H and O–H groups in total. The summed E-state index contributed by atoms with van der Waals surface area (Å²) in [5.74, 6) is -3.14. The van der Waals surface area contributed by atoms with E-state index in [9.17, 15) is 22.8 Å². The molecular formula is C11H14F3NO3. The number of aliphatic carboxylic acids is 1. The summed E-state index contributed by atoms with van der Waals surface area (Å²) in [6.45, 7) is 0.442. The maximum absolute atomic E-state index is 12.6. The van der Waals surface area contributed by atoms with E-state index in [1.54, 1.807) is 11.4 Å². The van der Waals surface area contributed by atoms with Gasteiger partial charge in [-0.25, -0.2) is 4.79 Å². The van der Waals surface area contributed by atoms with Gasteiger partial charge in [0.25, 0.3) is 0 Å². The highest BCUT2D eigenvalue weighted by molar-refractivity contribution is 5.87. The number of carbonyl (C=O) groups is 2. The van der Waals surface area contributed by atoms with Crippen molar-refractivity contribution in [2.24, 2.45) is 5.92 Å². The van der Waals surface area contributed by atoms with Gasteiger partial charge in [-0.15, -0.1) is 0 Å². The molecule has 18 heavy (non-hydrogen) atoms. The topological polar surface area (TPSA) is 66.4 Å². The van der Waals surface area contributed by atoms with E-state index in [-0.39, 0.29) is 12.3 Å². The van der Waals surface area contributed by atoms with Crippen LogP contribution in [0.3, 0.4) is 0 Å². The predicted octanol–water partition coefficient (Wildman–Crippen LogP) is 1.86. The average molecular weight is 265 g/mol. The first kappa shape index (κ1) is 14.5. The van der Waals surface area contributed by atoms with E-state index < -0.39 is 23.6 Å². The molecule has 0 saturated heterocycles. The van der Waals surface area contributed by atoms with Gasteiger partial charge >= 0.3 is 12.1 Å². The summed E-state index contributed by atoms with van der Waals surface area (Å²) in [6, 6.07) is 0. The van der Waals surface area contributed by atoms with Gasteiger partial charge in [0.15, 0.2) is 0 Å². The van der Waals surface area contributed by atoms with Crippen molar-refractivity contribution in [2.45, 2.75) is 37.9 Å². The van der Waals surface area contributed by atoms with E-state index in [2.05, 4.69) is 0 Å². The van der Waals surface area contributed by atoms with Gasteiger partial charge < -0.3 is 10.4 Å². The number of carboxylic acid groups (broad SMARTS) is 1. The van der Waals surface area contributed by atoms with Gasteiger partial charge in [0, 0.05) is 6.42 Å². The van der Waals surface area contributed by atoms with Crippen molar-refractivity contribution in [1.29, 1.82) is 0 Å². The Morgan fingerprint density at radius 2 is 2.06 bits per heavy atom. The molecule has 1 aliphatic carbocycles. The third-order valence-electron chi connectivity index (χ3n) is 2.94. The fourth-order valence-electron chi connectivity index (χ4n) is 1.68. The van der Waals surface area contributed by atoms with Crippen LogP contribution in [0.25, 0.3) is 0 Å². The maximum Gasteiger partial charge on any atom is 0.422 e. The summed E-state index contributed by atoms with van der Waals surface area (Å²) < 4.78 is 37.9. The summed E-state index contributed by atoms with van der Waals surface area (Å²) in [7, 11) is 0. The van der Waals surface area contributed by atoms with Crippen molar-refractivity contribution in [3.8, 4) is 0 Å². The van der Waals surface area contributed by atoms with Gasteiger partial charge in [0.2, 0.25) is 11.4 Å². The molecule has 7 heteroatoms. The molecule has 1 rings (SSSR count). The van der Waals surface area contributed by atoms with Crippen molar-refractivity contribution in [1.82, 2.24) is 5.32 Å². The average Bonchev–Trinajstić information content (AvgIpc) is 2.67. The lowest BCUT2D eigenvalue weighted by Crippen LogP contribution is -2.62. The molecule has 102 valence electrons. The van der Waals surface area contributed by atoms with Crippen LogP contribution in [0.2, 0.25) is 0 Å². The van der Waals surface area contributed by atoms with E-state index >= 15 is 0 Å². The Labute approximate surface area is 102 Å². The van der Waals surface area contributed by atoms with E-state index in [0.29, 0.717) is 13.3 Å². The Balaban J connectivity index is 2.69. The van der Waals surface area contributed by atoms with Crippen molar-refractivity contribution < 1.29 is 27.9 Å². The van der Waals surface area contributed by atoms with Crippen molar-refractivity contribution in [2.75, 3.05) is 0 Å². The van der Waals surface area contributed by atoms with E-state index in [1.807, 2.05) is 6.08 Å². The number of allylic oxidation sites excluding steroid dienone is 2. The van der Waals surface area contributed by atoms with Crippen LogP contribution in [0, 0.1) is 5.92 Å². The Morgan fingerprint density at radius 1 is 1.44 bits per heavy atom. The zero-order valence-electron chi connectivity index (χ0n) is 9.75. The van der Waals surface area contributed by atoms with E-state index in [4.69, 9.17) is 5.11 Å². The lowest BCUT2D eigenvalue weighted by Gasteiger charge is -2.28. The zero-order chi connectivity index (χ0) is 14.0. The number of halogens is 3. The molecule has 1 amide bonds. The number of carbonyl (C=O) groups excluding carboxylic acids is 1. The van der Waals surface area contributed by atoms with E-state index in [0.717, 1.165) is 6.42 Å². The quantitative estimate of drug-likeness (QED) is 0.762. The van der Waals surface area contributed by atoms with Crippen LogP contribution in [0.4, 0.5) is 13.2 Å². The first-order valence-corrected chi connectivity index (χ1v) is 5.44. The molecule has 2 unspecified atom stereocenters. The molecule has 0 heterocycles. The van der Waals surface area contributed by atoms with Crippen LogP contribution in [0.15, 0.2) is 12.2 Å². The highest BCUT2D eigenvalue weighted by Gasteiger charge is 2.58. The van der Waals surface area contributed by atoms with E-state index in [1.165, 1.54) is 0 Å². The fraction of sp³-hybridized carbons (Fsp3) is 0.636. The molecule has 2 atom stereocenters. The monoisotopic (exact) mass is 265 g/mol. The summed E-state index contributed by atoms with van der Waals surface area (Å²) >= 11 is 0. The number of carboxylic acids is 1. The van der Waals surface area contributed by atoms with Gasteiger partial charge in [0.1, 0.15) is 0 Å². The predicted molar refractivity (Wildman–Crippen MR) is 56.7 cm³/mol. The van der Waals surface area contributed by atoms with Gasteiger partial charge in [-0.2, -0.15) is 13.2 Å². The van der Waals surface area contributed by atoms with Crippen molar-refractivity contribution >= 4 is 11.9 Å². The van der Waals surface area contributed by atoms with Crippen LogP contribution in [0.5, 0.6) is 0 Å². The van der Waals surface area contributed by atoms with Crippen LogP contribution in [0.1, 0.15) is 26.2 Å². The van der Waals surface area contributed by atoms with Crippen LogP contribution < -0.4 is 5.32 Å². The van der Waals surface area contributed by atoms with Crippen LogP contribution >= 0.6 is 0 Å². The second-order valence-electron chi connectivity index (χ2n) is 4.45. The Hall–Kier alpha value is -1.53. The molecule has 0 aromatic rings. The highest BCUT2D eigenvalue weighted by atomic mass is 19.4. The smallest absolute Gasteiger partial charge is 0.422 e. The Morgan fingerprint density at radius 3 is 2.44 bits per heavy atom. The number of hydrogen-bond acceptors (Lipinski definition) is 2. The van der Waals surface area contributed by atoms with Crippen LogP contribution in [-0.4, -0.2) is 28.7 Å². The van der Waals surface area contributed by atoms with Crippen molar-refractivity contribution in [3.63, 3.8) is 0 Å². The summed E-state index contributed by atoms with van der Waals surface area (Å²) in [4.78, 5) is 22.1. The summed E-state index contributed by atoms with van der Waals surface area (Å²) in [5, 5.41) is 10.2. The van der Waals surface area contributed by atoms with Gasteiger partial charge in [-0.05, 0) is 25.7 Å². The Kier molecular flexibility index (Phi) is 4.03. The maximum atomic E-state index is 12.6. The summed E-state index contributed by atoms with van der Waals surface area (Å²) in [6.07, 6.45) is -0.0878. The minimum absolute atomic E-state index is 0.115. The number of alkyl halides is 3. The second-order valence-corrected chi connectivity index (χ2v) is 4.45. The molecule has 0 aromatic carbocycles. The minimum atomic E-state index is -5.04. The lowest BCUT2D eigenvalue weighted by molar-refractivity contribution is -0.207. The molecule has 0 fully saturated rings. The standard InChI is InChI=1S/C11H14F3NO3/c1-10(9(17)18,11(12,13)14)15-8(16)6-7-4-2-3-5-7/h2,4,7H,3,5-6H2,1H3,(H,15,16)(H,17,18). The number of hydrogen-bond donors (Lipinski definition) is 2. The molecule has 0 radical (unpaired) electrons. The molecule has 0 saturated carbocycles. The molecule has 0 spiro atoms. The highest BCUT2D eigenvalue weighted by Crippen LogP contribution is 2.31. The van der Waals surface area contributed by atoms with Crippen molar-refractivity contribution in [3.05, 3.63) is 12.2 Å². The third-order valence-corrected chi connectivity index (χ3v) is 2.94. The molecule has 1 aliphatic rings. The van der Waals surface area contributed by atoms with Gasteiger partial charge in [-0.3, -0.25) is 4.79 Å². The fourth-order valence-corrected chi connectivity index (χ4v) is 1.68. The third kappa shape index (κ3) is 3.02. The Bertz CT molecular complexity index is 378. The first-order valence-electron chi connectivity index (χ1n) is 5.44. The zero-order valence-corrected chi connectivity index (χ0v) is 9.75. The van der Waals surface area contributed by atoms with Crippen LogP contribution in [-0.2, 0) is 9.59 Å². The SMILES string of the molecule is CC(NC(=O)CC1C=CCC1)(C(=O)O)C(F)(F)F. The summed E-state index contributed by atoms with van der Waals surface area (Å²) in [5.41, 5.74) is -3.24. The molecule has 4 nitrogen and oxygen atoms in total. The normalized spacial score (nSPS) is 22.6. The second kappa shape index (κ2) is 4.99. The number of nitrogens with one attached hydrogen (secondary N) is 1. The first-order chi connectivity index (χ1) is 8.17. The van der Waals surface area contributed by atoms with Gasteiger partial charge in [-0.1, -0.05) is 12.2 Å². The largest absolute Gasteiger partial charge is 0.479 e. The molecular weight excluding hydrogens is 251 g/mol.